The molecule has 0 aliphatic heterocycles. The van der Waals surface area contributed by atoms with Crippen molar-refractivity contribution in [2.24, 2.45) is 11.8 Å². The molecule has 0 heterocycles. The fourth-order valence-corrected chi connectivity index (χ4v) is 4.26. The Kier molecular flexibility index (Phi) is 8.77. The maximum atomic E-state index is 9.81. The molecule has 0 unspecified atom stereocenters. The molecule has 1 aliphatic rings. The summed E-state index contributed by atoms with van der Waals surface area (Å²) < 4.78 is 6.46. The predicted molar refractivity (Wildman–Crippen MR) is 106 cm³/mol. The van der Waals surface area contributed by atoms with Gasteiger partial charge in [-0.25, -0.2) is 0 Å². The molecule has 1 N–H and O–H groups in total. The van der Waals surface area contributed by atoms with Crippen molar-refractivity contribution in [2.45, 2.75) is 90.0 Å². The molecular weight excluding hydrogens is 312 g/mol. The lowest BCUT2D eigenvalue weighted by atomic mass is 9.89. The van der Waals surface area contributed by atoms with Crippen LogP contribution in [-0.4, -0.2) is 26.1 Å². The second-order valence-electron chi connectivity index (χ2n) is 8.72. The Balaban J connectivity index is 2.56. The Hall–Kier alpha value is -0.563. The lowest BCUT2D eigenvalue weighted by Gasteiger charge is -2.40. The monoisotopic (exact) mass is 350 g/mol. The quantitative estimate of drug-likeness (QED) is 0.371. The maximum absolute atomic E-state index is 9.81. The van der Waals surface area contributed by atoms with Crippen molar-refractivity contribution in [1.82, 2.24) is 0 Å². The summed E-state index contributed by atoms with van der Waals surface area (Å²) >= 11 is 0. The topological polar surface area (TPSA) is 29.5 Å². The van der Waals surface area contributed by atoms with E-state index in [9.17, 15) is 5.11 Å². The van der Waals surface area contributed by atoms with Crippen LogP contribution in [0.25, 0.3) is 0 Å². The van der Waals surface area contributed by atoms with Crippen LogP contribution in [0.4, 0.5) is 0 Å². The zero-order chi connectivity index (χ0) is 18.2. The van der Waals surface area contributed by atoms with E-state index in [1.165, 1.54) is 32.1 Å². The van der Waals surface area contributed by atoms with E-state index >= 15 is 0 Å². The van der Waals surface area contributed by atoms with E-state index in [1.54, 1.807) is 0 Å². The lowest BCUT2D eigenvalue weighted by molar-refractivity contribution is 0.102. The molecule has 0 saturated heterocycles. The van der Waals surface area contributed by atoms with Gasteiger partial charge >= 0.3 is 0 Å². The molecule has 138 valence electrons. The first kappa shape index (κ1) is 21.5. The summed E-state index contributed by atoms with van der Waals surface area (Å²) in [4.78, 5) is 0. The standard InChI is InChI=1S/C21H38O2Si/c1-7-20(23-24(5,6)21(2,3)4)19(17-22)16-12-11-15-18-13-9-8-10-14-18/h7,18-20,22H,1,8-10,12-14,16-17H2,2-6H3/t19-,20+/m1/s1. The van der Waals surface area contributed by atoms with Gasteiger partial charge in [0.05, 0.1) is 6.10 Å². The molecule has 0 aromatic rings. The Morgan fingerprint density at radius 3 is 2.38 bits per heavy atom. The van der Waals surface area contributed by atoms with Crippen LogP contribution in [0.3, 0.4) is 0 Å². The van der Waals surface area contributed by atoms with Gasteiger partial charge in [-0.05, 0) is 37.4 Å². The Morgan fingerprint density at radius 1 is 1.25 bits per heavy atom. The SMILES string of the molecule is C=C[C@H](O[Si](C)(C)C(C)(C)C)[C@@H](CO)CCC#CC1CCCCC1. The van der Waals surface area contributed by atoms with Crippen molar-refractivity contribution < 1.29 is 9.53 Å². The molecule has 1 saturated carbocycles. The highest BCUT2D eigenvalue weighted by Gasteiger charge is 2.39. The first-order valence-corrected chi connectivity index (χ1v) is 12.5. The lowest BCUT2D eigenvalue weighted by Crippen LogP contribution is -2.45. The number of aliphatic hydroxyl groups excluding tert-OH is 1. The van der Waals surface area contributed by atoms with E-state index in [0.717, 1.165) is 12.8 Å². The van der Waals surface area contributed by atoms with Crippen molar-refractivity contribution in [3.63, 3.8) is 0 Å². The molecule has 3 heteroatoms. The molecule has 0 bridgehead atoms. The minimum absolute atomic E-state index is 0.0765. The van der Waals surface area contributed by atoms with Gasteiger partial charge in [0.15, 0.2) is 8.32 Å². The minimum atomic E-state index is -1.86. The van der Waals surface area contributed by atoms with Crippen molar-refractivity contribution in [1.29, 1.82) is 0 Å². The summed E-state index contributed by atoms with van der Waals surface area (Å²) in [7, 11) is -1.86. The van der Waals surface area contributed by atoms with Crippen LogP contribution in [0.15, 0.2) is 12.7 Å². The number of rotatable bonds is 7. The van der Waals surface area contributed by atoms with Crippen LogP contribution in [0, 0.1) is 23.7 Å². The molecule has 0 amide bonds. The zero-order valence-electron chi connectivity index (χ0n) is 16.5. The second kappa shape index (κ2) is 9.80. The van der Waals surface area contributed by atoms with Crippen LogP contribution < -0.4 is 0 Å². The van der Waals surface area contributed by atoms with Crippen LogP contribution in [0.2, 0.25) is 18.1 Å². The molecule has 1 aliphatic carbocycles. The van der Waals surface area contributed by atoms with Crippen LogP contribution in [-0.2, 0) is 4.43 Å². The fourth-order valence-electron chi connectivity index (χ4n) is 2.93. The summed E-state index contributed by atoms with van der Waals surface area (Å²) in [6.45, 7) is 15.3. The van der Waals surface area contributed by atoms with Crippen molar-refractivity contribution in [3.8, 4) is 11.8 Å². The second-order valence-corrected chi connectivity index (χ2v) is 13.5. The summed E-state index contributed by atoms with van der Waals surface area (Å²) in [6.07, 6.45) is 10.1. The molecule has 24 heavy (non-hydrogen) atoms. The summed E-state index contributed by atoms with van der Waals surface area (Å²) in [5, 5.41) is 9.98. The zero-order valence-corrected chi connectivity index (χ0v) is 17.5. The third kappa shape index (κ3) is 6.74. The average molecular weight is 351 g/mol. The normalized spacial score (nSPS) is 19.2. The maximum Gasteiger partial charge on any atom is 0.192 e. The van der Waals surface area contributed by atoms with Gasteiger partial charge in [-0.3, -0.25) is 0 Å². The van der Waals surface area contributed by atoms with E-state index in [4.69, 9.17) is 4.43 Å². The number of aliphatic hydroxyl groups is 1. The average Bonchev–Trinajstić information content (AvgIpc) is 2.53. The highest BCUT2D eigenvalue weighted by atomic mass is 28.4. The van der Waals surface area contributed by atoms with E-state index in [1.807, 2.05) is 6.08 Å². The molecule has 0 aromatic carbocycles. The molecule has 2 atom stereocenters. The molecule has 0 aromatic heterocycles. The van der Waals surface area contributed by atoms with Crippen LogP contribution in [0.5, 0.6) is 0 Å². The van der Waals surface area contributed by atoms with Crippen LogP contribution in [0.1, 0.15) is 65.7 Å². The molecule has 1 rings (SSSR count). The third-order valence-corrected chi connectivity index (χ3v) is 10.2. The van der Waals surface area contributed by atoms with Gasteiger partial charge in [0.25, 0.3) is 0 Å². The van der Waals surface area contributed by atoms with E-state index < -0.39 is 8.32 Å². The molecule has 2 nitrogen and oxygen atoms in total. The van der Waals surface area contributed by atoms with Gasteiger partial charge in [0.1, 0.15) is 0 Å². The number of hydrogen-bond acceptors (Lipinski definition) is 2. The van der Waals surface area contributed by atoms with E-state index in [-0.39, 0.29) is 23.7 Å². The first-order chi connectivity index (χ1) is 11.2. The molecule has 1 fully saturated rings. The molecule has 0 spiro atoms. The Bertz CT molecular complexity index is 433. The molecule has 0 radical (unpaired) electrons. The first-order valence-electron chi connectivity index (χ1n) is 9.61. The number of hydrogen-bond donors (Lipinski definition) is 1. The highest BCUT2D eigenvalue weighted by molar-refractivity contribution is 6.74. The Morgan fingerprint density at radius 2 is 1.88 bits per heavy atom. The smallest absolute Gasteiger partial charge is 0.192 e. The highest BCUT2D eigenvalue weighted by Crippen LogP contribution is 2.38. The Labute approximate surface area is 151 Å². The summed E-state index contributed by atoms with van der Waals surface area (Å²) in [5.41, 5.74) is 0. The van der Waals surface area contributed by atoms with Crippen molar-refractivity contribution >= 4 is 8.32 Å². The predicted octanol–water partition coefficient (Wildman–Crippen LogP) is 5.54. The van der Waals surface area contributed by atoms with Gasteiger partial charge in [-0.1, -0.05) is 52.0 Å². The fraction of sp³-hybridized carbons (Fsp3) is 0.810. The van der Waals surface area contributed by atoms with Crippen molar-refractivity contribution in [3.05, 3.63) is 12.7 Å². The molecular formula is C21H38O2Si. The van der Waals surface area contributed by atoms with Gasteiger partial charge in [-0.15, -0.1) is 12.5 Å². The van der Waals surface area contributed by atoms with E-state index in [0.29, 0.717) is 5.92 Å². The van der Waals surface area contributed by atoms with E-state index in [2.05, 4.69) is 52.3 Å². The van der Waals surface area contributed by atoms with Gasteiger partial charge < -0.3 is 9.53 Å². The van der Waals surface area contributed by atoms with Crippen LogP contribution >= 0.6 is 0 Å². The van der Waals surface area contributed by atoms with Gasteiger partial charge in [0.2, 0.25) is 0 Å². The largest absolute Gasteiger partial charge is 0.410 e. The summed E-state index contributed by atoms with van der Waals surface area (Å²) in [6, 6.07) is 0. The minimum Gasteiger partial charge on any atom is -0.410 e. The summed E-state index contributed by atoms with van der Waals surface area (Å²) in [5.74, 6) is 7.49. The van der Waals surface area contributed by atoms with Gasteiger partial charge in [0, 0.05) is 24.9 Å². The van der Waals surface area contributed by atoms with Gasteiger partial charge in [-0.2, -0.15) is 0 Å². The van der Waals surface area contributed by atoms with Crippen molar-refractivity contribution in [2.75, 3.05) is 6.61 Å². The third-order valence-electron chi connectivity index (χ3n) is 5.72.